The molecular weight excluding hydrogens is 242 g/mol. The van der Waals surface area contributed by atoms with Crippen molar-refractivity contribution in [3.05, 3.63) is 34.3 Å². The van der Waals surface area contributed by atoms with Gasteiger partial charge in [0.15, 0.2) is 0 Å². The number of carbonyl (C=O) groups excluding carboxylic acids is 2. The van der Waals surface area contributed by atoms with E-state index >= 15 is 0 Å². The van der Waals surface area contributed by atoms with Crippen molar-refractivity contribution in [2.24, 2.45) is 0 Å². The van der Waals surface area contributed by atoms with E-state index in [9.17, 15) is 9.59 Å². The summed E-state index contributed by atoms with van der Waals surface area (Å²) in [6, 6.07) is 4.31. The van der Waals surface area contributed by atoms with Gasteiger partial charge in [-0.25, -0.2) is 4.79 Å². The Bertz CT molecular complexity index is 425. The van der Waals surface area contributed by atoms with Crippen molar-refractivity contribution in [2.75, 3.05) is 7.11 Å². The van der Waals surface area contributed by atoms with Crippen LogP contribution >= 0.6 is 11.6 Å². The van der Waals surface area contributed by atoms with E-state index in [0.717, 1.165) is 5.56 Å². The summed E-state index contributed by atoms with van der Waals surface area (Å²) in [5.41, 5.74) is 1.30. The largest absolute Gasteiger partial charge is 0.467 e. The minimum atomic E-state index is -0.688. The monoisotopic (exact) mass is 255 g/mol. The van der Waals surface area contributed by atoms with Crippen molar-refractivity contribution < 1.29 is 14.3 Å². The molecule has 1 unspecified atom stereocenters. The second-order valence-corrected chi connectivity index (χ2v) is 4.17. The first-order chi connectivity index (χ1) is 7.93. The molecule has 0 saturated heterocycles. The van der Waals surface area contributed by atoms with Gasteiger partial charge in [-0.3, -0.25) is 4.79 Å². The molecule has 0 spiro atoms. The van der Waals surface area contributed by atoms with Crippen molar-refractivity contribution >= 4 is 23.5 Å². The first kappa shape index (κ1) is 13.5. The molecule has 17 heavy (non-hydrogen) atoms. The van der Waals surface area contributed by atoms with Gasteiger partial charge in [-0.2, -0.15) is 0 Å². The van der Waals surface area contributed by atoms with Crippen molar-refractivity contribution in [2.45, 2.75) is 19.9 Å². The molecule has 1 atom stereocenters. The topological polar surface area (TPSA) is 55.4 Å². The predicted molar refractivity (Wildman–Crippen MR) is 65.1 cm³/mol. The first-order valence-corrected chi connectivity index (χ1v) is 5.47. The van der Waals surface area contributed by atoms with Gasteiger partial charge in [0, 0.05) is 10.6 Å². The van der Waals surface area contributed by atoms with Crippen LogP contribution in [-0.2, 0) is 9.53 Å². The van der Waals surface area contributed by atoms with Crippen molar-refractivity contribution in [3.8, 4) is 0 Å². The highest BCUT2D eigenvalue weighted by molar-refractivity contribution is 6.31. The fraction of sp³-hybridized carbons (Fsp3) is 0.333. The number of hydrogen-bond acceptors (Lipinski definition) is 3. The van der Waals surface area contributed by atoms with Gasteiger partial charge in [0.05, 0.1) is 7.11 Å². The molecular formula is C12H14ClNO3. The van der Waals surface area contributed by atoms with Crippen molar-refractivity contribution in [1.29, 1.82) is 0 Å². The Kier molecular flexibility index (Phi) is 4.52. The third-order valence-corrected chi connectivity index (χ3v) is 2.42. The molecule has 1 rings (SSSR count). The number of amides is 1. The third-order valence-electron chi connectivity index (χ3n) is 2.21. The third kappa shape index (κ3) is 3.75. The normalized spacial score (nSPS) is 11.8. The smallest absolute Gasteiger partial charge is 0.328 e. The van der Waals surface area contributed by atoms with E-state index in [1.807, 2.05) is 6.92 Å². The molecule has 5 heteroatoms. The van der Waals surface area contributed by atoms with Crippen LogP contribution in [0.25, 0.3) is 0 Å². The molecule has 0 aromatic heterocycles. The van der Waals surface area contributed by atoms with Gasteiger partial charge < -0.3 is 10.1 Å². The quantitative estimate of drug-likeness (QED) is 0.840. The fourth-order valence-corrected chi connectivity index (χ4v) is 1.67. The predicted octanol–water partition coefficient (Wildman–Crippen LogP) is 1.94. The maximum atomic E-state index is 11.8. The highest BCUT2D eigenvalue weighted by atomic mass is 35.5. The van der Waals surface area contributed by atoms with Crippen LogP contribution in [0.1, 0.15) is 22.8 Å². The van der Waals surface area contributed by atoms with Gasteiger partial charge in [-0.1, -0.05) is 11.6 Å². The number of aryl methyl sites for hydroxylation is 1. The van der Waals surface area contributed by atoms with E-state index in [1.165, 1.54) is 7.11 Å². The molecule has 0 aliphatic heterocycles. The van der Waals surface area contributed by atoms with Crippen molar-refractivity contribution in [1.82, 2.24) is 5.32 Å². The van der Waals surface area contributed by atoms with E-state index in [-0.39, 0.29) is 5.91 Å². The molecule has 1 amide bonds. The van der Waals surface area contributed by atoms with Crippen LogP contribution in [0.5, 0.6) is 0 Å². The number of hydrogen-bond donors (Lipinski definition) is 1. The highest BCUT2D eigenvalue weighted by Gasteiger charge is 2.17. The van der Waals surface area contributed by atoms with Crippen LogP contribution in [0, 0.1) is 6.92 Å². The minimum Gasteiger partial charge on any atom is -0.467 e. The maximum Gasteiger partial charge on any atom is 0.328 e. The number of benzene rings is 1. The lowest BCUT2D eigenvalue weighted by atomic mass is 10.1. The number of rotatable bonds is 3. The second-order valence-electron chi connectivity index (χ2n) is 3.74. The van der Waals surface area contributed by atoms with Crippen LogP contribution in [-0.4, -0.2) is 25.0 Å². The summed E-state index contributed by atoms with van der Waals surface area (Å²) in [7, 11) is 1.27. The standard InChI is InChI=1S/C12H14ClNO3/c1-7-4-9(6-10(13)5-7)11(15)14-8(2)12(16)17-3/h4-6,8H,1-3H3,(H,14,15). The van der Waals surface area contributed by atoms with Gasteiger partial charge in [0.2, 0.25) is 0 Å². The highest BCUT2D eigenvalue weighted by Crippen LogP contribution is 2.14. The van der Waals surface area contributed by atoms with E-state index in [0.29, 0.717) is 10.6 Å². The van der Waals surface area contributed by atoms with E-state index in [4.69, 9.17) is 11.6 Å². The lowest BCUT2D eigenvalue weighted by Crippen LogP contribution is -2.39. The number of esters is 1. The molecule has 0 bridgehead atoms. The van der Waals surface area contributed by atoms with Crippen LogP contribution in [0.15, 0.2) is 18.2 Å². The Balaban J connectivity index is 2.79. The molecule has 0 aliphatic carbocycles. The molecule has 1 aromatic carbocycles. The number of ether oxygens (including phenoxy) is 1. The van der Waals surface area contributed by atoms with Crippen LogP contribution in [0.3, 0.4) is 0 Å². The summed E-state index contributed by atoms with van der Waals surface area (Å²) in [5, 5.41) is 3.02. The molecule has 0 saturated carbocycles. The van der Waals surface area contributed by atoms with Crippen LogP contribution in [0.2, 0.25) is 5.02 Å². The lowest BCUT2D eigenvalue weighted by Gasteiger charge is -2.11. The molecule has 4 nitrogen and oxygen atoms in total. The Hall–Kier alpha value is -1.55. The Labute approximate surface area is 105 Å². The molecule has 1 N–H and O–H groups in total. The molecule has 1 aromatic rings. The average Bonchev–Trinajstić information content (AvgIpc) is 2.26. The molecule has 0 radical (unpaired) electrons. The summed E-state index contributed by atoms with van der Waals surface area (Å²) < 4.78 is 4.52. The second kappa shape index (κ2) is 5.68. The summed E-state index contributed by atoms with van der Waals surface area (Å²) in [6.45, 7) is 3.40. The molecule has 0 heterocycles. The van der Waals surface area contributed by atoms with Gasteiger partial charge in [-0.05, 0) is 37.6 Å². The number of carbonyl (C=O) groups is 2. The number of nitrogens with one attached hydrogen (secondary N) is 1. The van der Waals surface area contributed by atoms with E-state index in [2.05, 4.69) is 10.1 Å². The zero-order valence-electron chi connectivity index (χ0n) is 9.91. The maximum absolute atomic E-state index is 11.8. The minimum absolute atomic E-state index is 0.353. The molecule has 0 fully saturated rings. The van der Waals surface area contributed by atoms with Gasteiger partial charge in [-0.15, -0.1) is 0 Å². The zero-order valence-corrected chi connectivity index (χ0v) is 10.7. The SMILES string of the molecule is COC(=O)C(C)NC(=O)c1cc(C)cc(Cl)c1. The van der Waals surface area contributed by atoms with Crippen LogP contribution < -0.4 is 5.32 Å². The van der Waals surface area contributed by atoms with Gasteiger partial charge >= 0.3 is 5.97 Å². The fourth-order valence-electron chi connectivity index (χ4n) is 1.38. The van der Waals surface area contributed by atoms with E-state index in [1.54, 1.807) is 25.1 Å². The average molecular weight is 256 g/mol. The molecule has 0 aliphatic rings. The Morgan fingerprint density at radius 2 is 2.00 bits per heavy atom. The van der Waals surface area contributed by atoms with Gasteiger partial charge in [0.25, 0.3) is 5.91 Å². The summed E-state index contributed by atoms with van der Waals surface area (Å²) in [6.07, 6.45) is 0. The van der Waals surface area contributed by atoms with Crippen LogP contribution in [0.4, 0.5) is 0 Å². The van der Waals surface area contributed by atoms with Crippen molar-refractivity contribution in [3.63, 3.8) is 0 Å². The van der Waals surface area contributed by atoms with E-state index < -0.39 is 12.0 Å². The zero-order chi connectivity index (χ0) is 13.0. The van der Waals surface area contributed by atoms with Gasteiger partial charge in [0.1, 0.15) is 6.04 Å². The number of methoxy groups -OCH3 is 1. The Morgan fingerprint density at radius 1 is 1.35 bits per heavy atom. The first-order valence-electron chi connectivity index (χ1n) is 5.10. The molecule has 92 valence electrons. The summed E-state index contributed by atoms with van der Waals surface area (Å²) in [4.78, 5) is 23.0. The summed E-state index contributed by atoms with van der Waals surface area (Å²) in [5.74, 6) is -0.842. The Morgan fingerprint density at radius 3 is 2.53 bits per heavy atom. The lowest BCUT2D eigenvalue weighted by molar-refractivity contribution is -0.142. The summed E-state index contributed by atoms with van der Waals surface area (Å²) >= 11 is 5.85. The number of halogens is 1.